The van der Waals surface area contributed by atoms with Crippen LogP contribution < -0.4 is 4.90 Å². The molecule has 0 aromatic heterocycles. The van der Waals surface area contributed by atoms with Crippen molar-refractivity contribution in [1.82, 2.24) is 0 Å². The van der Waals surface area contributed by atoms with Crippen molar-refractivity contribution in [2.24, 2.45) is 0 Å². The number of carbonyl (C=O) groups is 1. The summed E-state index contributed by atoms with van der Waals surface area (Å²) in [6, 6.07) is 19.0. The van der Waals surface area contributed by atoms with Crippen LogP contribution in [-0.4, -0.2) is 26.2 Å². The molecule has 3 heteroatoms. The Morgan fingerprint density at radius 1 is 1.04 bits per heavy atom. The molecule has 2 aromatic rings. The summed E-state index contributed by atoms with van der Waals surface area (Å²) in [5.41, 5.74) is 4.44. The van der Waals surface area contributed by atoms with Crippen LogP contribution in [0.1, 0.15) is 23.0 Å². The lowest BCUT2D eigenvalue weighted by molar-refractivity contribution is -0.136. The molecule has 0 radical (unpaired) electrons. The van der Waals surface area contributed by atoms with Crippen molar-refractivity contribution in [2.45, 2.75) is 17.9 Å². The fraction of sp³-hybridized carbons (Fsp3) is 0.250. The molecule has 1 aliphatic heterocycles. The van der Waals surface area contributed by atoms with Crippen LogP contribution in [0.15, 0.2) is 66.2 Å². The molecule has 2 aliphatic rings. The summed E-state index contributed by atoms with van der Waals surface area (Å²) >= 11 is 0. The van der Waals surface area contributed by atoms with E-state index >= 15 is 0 Å². The second-order valence-corrected chi connectivity index (χ2v) is 6.19. The van der Waals surface area contributed by atoms with Crippen LogP contribution in [0, 0.1) is 0 Å². The van der Waals surface area contributed by atoms with Crippen LogP contribution in [0.5, 0.6) is 0 Å². The molecule has 116 valence electrons. The molecule has 3 atom stereocenters. The van der Waals surface area contributed by atoms with Gasteiger partial charge in [-0.1, -0.05) is 54.6 Å². The van der Waals surface area contributed by atoms with Crippen LogP contribution in [0.2, 0.25) is 0 Å². The molecule has 0 unspecified atom stereocenters. The van der Waals surface area contributed by atoms with E-state index in [0.29, 0.717) is 0 Å². The smallest absolute Gasteiger partial charge is 0.334 e. The van der Waals surface area contributed by atoms with E-state index < -0.39 is 0 Å². The summed E-state index contributed by atoms with van der Waals surface area (Å²) in [6.45, 7) is 0. The normalized spacial score (nSPS) is 24.9. The van der Waals surface area contributed by atoms with Gasteiger partial charge in [-0.2, -0.15) is 0 Å². The molecule has 0 saturated carbocycles. The minimum Gasteiger partial charge on any atom is -0.466 e. The van der Waals surface area contributed by atoms with E-state index in [-0.39, 0.29) is 23.8 Å². The third-order valence-electron chi connectivity index (χ3n) is 5.11. The number of hydrogen-bond donors (Lipinski definition) is 0. The third kappa shape index (κ3) is 2.00. The topological polar surface area (TPSA) is 29.5 Å². The number of methoxy groups -OCH3 is 1. The van der Waals surface area contributed by atoms with Crippen LogP contribution in [0.3, 0.4) is 0 Å². The Balaban J connectivity index is 1.86. The van der Waals surface area contributed by atoms with Gasteiger partial charge in [0.15, 0.2) is 0 Å². The molecule has 1 aliphatic carbocycles. The Bertz CT molecular complexity index is 781. The fourth-order valence-corrected chi connectivity index (χ4v) is 4.12. The molecule has 4 rings (SSSR count). The first-order valence-corrected chi connectivity index (χ1v) is 7.89. The number of esters is 1. The average molecular weight is 305 g/mol. The molecule has 23 heavy (non-hydrogen) atoms. The number of benzene rings is 2. The van der Waals surface area contributed by atoms with Gasteiger partial charge in [0, 0.05) is 30.1 Å². The highest BCUT2D eigenvalue weighted by Gasteiger charge is 2.49. The van der Waals surface area contributed by atoms with Crippen LogP contribution in [0.4, 0.5) is 5.69 Å². The van der Waals surface area contributed by atoms with E-state index in [1.165, 1.54) is 23.9 Å². The summed E-state index contributed by atoms with van der Waals surface area (Å²) in [6.07, 6.45) is 2.10. The highest BCUT2D eigenvalue weighted by molar-refractivity contribution is 5.93. The molecule has 0 amide bonds. The van der Waals surface area contributed by atoms with Gasteiger partial charge in [-0.25, -0.2) is 4.79 Å². The molecular formula is C20H19NO2. The van der Waals surface area contributed by atoms with Crippen molar-refractivity contribution in [3.63, 3.8) is 0 Å². The molecule has 0 saturated heterocycles. The summed E-state index contributed by atoms with van der Waals surface area (Å²) in [4.78, 5) is 14.7. The zero-order chi connectivity index (χ0) is 16.0. The van der Waals surface area contributed by atoms with Crippen molar-refractivity contribution in [3.05, 3.63) is 77.4 Å². The largest absolute Gasteiger partial charge is 0.466 e. The molecule has 0 bridgehead atoms. The minimum atomic E-state index is -0.219. The van der Waals surface area contributed by atoms with Crippen molar-refractivity contribution in [3.8, 4) is 0 Å². The predicted octanol–water partition coefficient (Wildman–Crippen LogP) is 3.49. The number of fused-ring (bicyclic) bond motifs is 3. The number of ether oxygens (including phenoxy) is 1. The van der Waals surface area contributed by atoms with Crippen molar-refractivity contribution < 1.29 is 9.53 Å². The zero-order valence-corrected chi connectivity index (χ0v) is 13.3. The van der Waals surface area contributed by atoms with E-state index in [4.69, 9.17) is 4.74 Å². The van der Waals surface area contributed by atoms with Gasteiger partial charge in [0.1, 0.15) is 0 Å². The standard InChI is InChI=1S/C20H19NO2/c1-21-17-11-7-6-10-14(17)18-16(20(22)23-2)12-15(19(18)21)13-8-4-3-5-9-13/h3-12,15,18-19H,1-2H3/t15-,18+,19-/m0/s1. The quantitative estimate of drug-likeness (QED) is 0.796. The highest BCUT2D eigenvalue weighted by Crippen LogP contribution is 2.53. The molecule has 0 fully saturated rings. The van der Waals surface area contributed by atoms with Gasteiger partial charge in [-0.3, -0.25) is 0 Å². The third-order valence-corrected chi connectivity index (χ3v) is 5.11. The lowest BCUT2D eigenvalue weighted by Crippen LogP contribution is -2.33. The first-order chi connectivity index (χ1) is 11.2. The molecule has 1 heterocycles. The van der Waals surface area contributed by atoms with Crippen LogP contribution in [0.25, 0.3) is 0 Å². The van der Waals surface area contributed by atoms with Gasteiger partial charge >= 0.3 is 5.97 Å². The summed E-state index contributed by atoms with van der Waals surface area (Å²) in [5.74, 6) is 0.0464. The molecule has 0 N–H and O–H groups in total. The second-order valence-electron chi connectivity index (χ2n) is 6.19. The van der Waals surface area contributed by atoms with Gasteiger partial charge in [-0.15, -0.1) is 0 Å². The lowest BCUT2D eigenvalue weighted by Gasteiger charge is -2.28. The first kappa shape index (κ1) is 14.1. The van der Waals surface area contributed by atoms with Gasteiger partial charge in [0.05, 0.1) is 13.2 Å². The highest BCUT2D eigenvalue weighted by atomic mass is 16.5. The number of carbonyl (C=O) groups excluding carboxylic acids is 1. The Morgan fingerprint density at radius 3 is 2.48 bits per heavy atom. The van der Waals surface area contributed by atoms with Gasteiger partial charge in [-0.05, 0) is 17.2 Å². The summed E-state index contributed by atoms with van der Waals surface area (Å²) < 4.78 is 5.05. The van der Waals surface area contributed by atoms with E-state index in [0.717, 1.165) is 5.57 Å². The lowest BCUT2D eigenvalue weighted by atomic mass is 9.87. The molecule has 0 spiro atoms. The Kier molecular flexibility index (Phi) is 3.22. The predicted molar refractivity (Wildman–Crippen MR) is 90.7 cm³/mol. The first-order valence-electron chi connectivity index (χ1n) is 7.89. The number of nitrogens with zero attached hydrogens (tertiary/aromatic N) is 1. The maximum Gasteiger partial charge on any atom is 0.334 e. The number of likely N-dealkylation sites (N-methyl/N-ethyl adjacent to an activating group) is 1. The average Bonchev–Trinajstić information content (AvgIpc) is 3.13. The Hall–Kier alpha value is -2.55. The van der Waals surface area contributed by atoms with Crippen molar-refractivity contribution >= 4 is 11.7 Å². The summed E-state index contributed by atoms with van der Waals surface area (Å²) in [7, 11) is 3.58. The van der Waals surface area contributed by atoms with Gasteiger partial charge in [0.25, 0.3) is 0 Å². The van der Waals surface area contributed by atoms with Crippen LogP contribution in [-0.2, 0) is 9.53 Å². The van der Waals surface area contributed by atoms with Crippen LogP contribution >= 0.6 is 0 Å². The van der Waals surface area contributed by atoms with E-state index in [2.05, 4.69) is 60.5 Å². The van der Waals surface area contributed by atoms with Gasteiger partial charge in [0.2, 0.25) is 0 Å². The number of hydrogen-bond acceptors (Lipinski definition) is 3. The molecule has 2 aromatic carbocycles. The monoisotopic (exact) mass is 305 g/mol. The van der Waals surface area contributed by atoms with Crippen molar-refractivity contribution in [2.75, 3.05) is 19.1 Å². The van der Waals surface area contributed by atoms with Gasteiger partial charge < -0.3 is 9.64 Å². The Labute approximate surface area is 136 Å². The molecule has 3 nitrogen and oxygen atoms in total. The number of anilines is 1. The molecular weight excluding hydrogens is 286 g/mol. The fourth-order valence-electron chi connectivity index (χ4n) is 4.12. The van der Waals surface area contributed by atoms with E-state index in [1.54, 1.807) is 0 Å². The zero-order valence-electron chi connectivity index (χ0n) is 13.3. The number of rotatable bonds is 2. The van der Waals surface area contributed by atoms with E-state index in [9.17, 15) is 4.79 Å². The Morgan fingerprint density at radius 2 is 1.74 bits per heavy atom. The van der Waals surface area contributed by atoms with Crippen molar-refractivity contribution in [1.29, 1.82) is 0 Å². The maximum absolute atomic E-state index is 12.3. The van der Waals surface area contributed by atoms with E-state index in [1.807, 2.05) is 12.1 Å². The second kappa shape index (κ2) is 5.27. The maximum atomic E-state index is 12.3. The number of para-hydroxylation sites is 1. The minimum absolute atomic E-state index is 0.0776. The summed E-state index contributed by atoms with van der Waals surface area (Å²) in [5, 5.41) is 0. The SMILES string of the molecule is COC(=O)C1=C[C@@H](c2ccccc2)[C@H]2[C@@H]1c1ccccc1N2C.